The van der Waals surface area contributed by atoms with Gasteiger partial charge >= 0.3 is 0 Å². The van der Waals surface area contributed by atoms with E-state index in [4.69, 9.17) is 0 Å². The first-order chi connectivity index (χ1) is 8.67. The summed E-state index contributed by atoms with van der Waals surface area (Å²) in [7, 11) is 2.06. The van der Waals surface area contributed by atoms with Crippen molar-refractivity contribution in [2.45, 2.75) is 58.5 Å². The molecule has 0 aromatic carbocycles. The molecule has 1 aromatic rings. The molecule has 0 N–H and O–H groups in total. The molecule has 102 valence electrons. The lowest BCUT2D eigenvalue weighted by Crippen LogP contribution is -2.33. The van der Waals surface area contributed by atoms with Gasteiger partial charge in [-0.05, 0) is 41.7 Å². The van der Waals surface area contributed by atoms with Gasteiger partial charge in [0.15, 0.2) is 0 Å². The Morgan fingerprint density at radius 1 is 1.33 bits per heavy atom. The van der Waals surface area contributed by atoms with Crippen molar-refractivity contribution in [1.29, 1.82) is 0 Å². The van der Waals surface area contributed by atoms with Gasteiger partial charge < -0.3 is 0 Å². The van der Waals surface area contributed by atoms with Crippen molar-refractivity contribution in [3.8, 4) is 0 Å². The third kappa shape index (κ3) is 2.80. The summed E-state index contributed by atoms with van der Waals surface area (Å²) in [4.78, 5) is 2.61. The highest BCUT2D eigenvalue weighted by Gasteiger charge is 2.23. The largest absolute Gasteiger partial charge is 0.295 e. The fourth-order valence-electron chi connectivity index (χ4n) is 2.95. The molecule has 1 saturated carbocycles. The molecular weight excluding hydrogens is 290 g/mol. The van der Waals surface area contributed by atoms with Crippen LogP contribution in [0.5, 0.6) is 0 Å². The SMILES string of the molecule is CCc1nn(C)c(CN(CC)C2CCCC2)c1Br. The molecule has 1 aliphatic rings. The smallest absolute Gasteiger partial charge is 0.0767 e. The van der Waals surface area contributed by atoms with Crippen LogP contribution in [-0.4, -0.2) is 27.3 Å². The molecule has 0 atom stereocenters. The Balaban J connectivity index is 2.13. The Labute approximate surface area is 119 Å². The quantitative estimate of drug-likeness (QED) is 0.829. The Kier molecular flexibility index (Phi) is 4.84. The van der Waals surface area contributed by atoms with Gasteiger partial charge in [-0.1, -0.05) is 26.7 Å². The number of aromatic nitrogens is 2. The Hall–Kier alpha value is -0.350. The molecule has 1 heterocycles. The third-order valence-corrected chi connectivity index (χ3v) is 5.02. The van der Waals surface area contributed by atoms with Crippen LogP contribution in [0.3, 0.4) is 0 Å². The average molecular weight is 314 g/mol. The monoisotopic (exact) mass is 313 g/mol. The van der Waals surface area contributed by atoms with E-state index < -0.39 is 0 Å². The van der Waals surface area contributed by atoms with Gasteiger partial charge in [0.05, 0.1) is 15.9 Å². The molecule has 3 nitrogen and oxygen atoms in total. The molecule has 18 heavy (non-hydrogen) atoms. The van der Waals surface area contributed by atoms with Gasteiger partial charge in [-0.25, -0.2) is 0 Å². The number of hydrogen-bond acceptors (Lipinski definition) is 2. The number of halogens is 1. The van der Waals surface area contributed by atoms with Crippen molar-refractivity contribution in [2.24, 2.45) is 7.05 Å². The summed E-state index contributed by atoms with van der Waals surface area (Å²) in [5.74, 6) is 0. The van der Waals surface area contributed by atoms with Crippen molar-refractivity contribution in [2.75, 3.05) is 6.54 Å². The normalized spacial score (nSPS) is 16.9. The molecule has 0 aliphatic heterocycles. The molecule has 0 saturated heterocycles. The van der Waals surface area contributed by atoms with Crippen LogP contribution >= 0.6 is 15.9 Å². The van der Waals surface area contributed by atoms with Crippen LogP contribution in [0.1, 0.15) is 50.9 Å². The molecule has 0 bridgehead atoms. The second-order valence-electron chi connectivity index (χ2n) is 5.19. The van der Waals surface area contributed by atoms with Gasteiger partial charge in [-0.15, -0.1) is 0 Å². The average Bonchev–Trinajstić information content (AvgIpc) is 2.97. The van der Waals surface area contributed by atoms with Crippen LogP contribution in [0.25, 0.3) is 0 Å². The van der Waals surface area contributed by atoms with Gasteiger partial charge in [-0.2, -0.15) is 5.10 Å². The highest BCUT2D eigenvalue weighted by atomic mass is 79.9. The fourth-order valence-corrected chi connectivity index (χ4v) is 3.69. The molecule has 4 heteroatoms. The molecule has 1 aliphatic carbocycles. The van der Waals surface area contributed by atoms with Gasteiger partial charge in [0.1, 0.15) is 0 Å². The van der Waals surface area contributed by atoms with Crippen molar-refractivity contribution < 1.29 is 0 Å². The standard InChI is InChI=1S/C14H24BrN3/c1-4-12-14(15)13(17(3)16-12)10-18(5-2)11-8-6-7-9-11/h11H,4-10H2,1-3H3. The summed E-state index contributed by atoms with van der Waals surface area (Å²) >= 11 is 3.72. The first kappa shape index (κ1) is 14.1. The molecule has 0 radical (unpaired) electrons. The number of nitrogens with zero attached hydrogens (tertiary/aromatic N) is 3. The van der Waals surface area contributed by atoms with Crippen LogP contribution < -0.4 is 0 Å². The molecule has 0 unspecified atom stereocenters. The maximum Gasteiger partial charge on any atom is 0.0767 e. The minimum atomic E-state index is 0.780. The Morgan fingerprint density at radius 3 is 2.50 bits per heavy atom. The summed E-state index contributed by atoms with van der Waals surface area (Å²) in [6.45, 7) is 6.57. The van der Waals surface area contributed by atoms with E-state index in [0.29, 0.717) is 0 Å². The van der Waals surface area contributed by atoms with E-state index in [1.165, 1.54) is 41.5 Å². The lowest BCUT2D eigenvalue weighted by atomic mass is 10.2. The number of aryl methyl sites for hydroxylation is 2. The number of rotatable bonds is 5. The lowest BCUT2D eigenvalue weighted by molar-refractivity contribution is 0.195. The van der Waals surface area contributed by atoms with E-state index in [9.17, 15) is 0 Å². The van der Waals surface area contributed by atoms with E-state index in [1.54, 1.807) is 0 Å². The summed E-state index contributed by atoms with van der Waals surface area (Å²) in [6, 6.07) is 0.780. The maximum absolute atomic E-state index is 4.59. The second-order valence-corrected chi connectivity index (χ2v) is 5.98. The topological polar surface area (TPSA) is 21.1 Å². The van der Waals surface area contributed by atoms with E-state index in [2.05, 4.69) is 46.8 Å². The molecule has 0 spiro atoms. The van der Waals surface area contributed by atoms with E-state index in [-0.39, 0.29) is 0 Å². The van der Waals surface area contributed by atoms with E-state index in [0.717, 1.165) is 25.6 Å². The van der Waals surface area contributed by atoms with Gasteiger partial charge in [0, 0.05) is 19.6 Å². The summed E-state index contributed by atoms with van der Waals surface area (Å²) in [5, 5.41) is 4.59. The minimum absolute atomic E-state index is 0.780. The second kappa shape index (κ2) is 6.20. The molecule has 0 amide bonds. The van der Waals surface area contributed by atoms with Crippen LogP contribution in [0, 0.1) is 0 Å². The van der Waals surface area contributed by atoms with E-state index in [1.807, 2.05) is 4.68 Å². The van der Waals surface area contributed by atoms with Crippen molar-refractivity contribution in [1.82, 2.24) is 14.7 Å². The maximum atomic E-state index is 4.59. The predicted molar refractivity (Wildman–Crippen MR) is 78.6 cm³/mol. The van der Waals surface area contributed by atoms with Crippen LogP contribution in [0.4, 0.5) is 0 Å². The van der Waals surface area contributed by atoms with E-state index >= 15 is 0 Å². The van der Waals surface area contributed by atoms with Crippen LogP contribution in [-0.2, 0) is 20.0 Å². The molecule has 1 aromatic heterocycles. The highest BCUT2D eigenvalue weighted by molar-refractivity contribution is 9.10. The molecule has 1 fully saturated rings. The summed E-state index contributed by atoms with van der Waals surface area (Å²) < 4.78 is 3.25. The van der Waals surface area contributed by atoms with Crippen LogP contribution in [0.15, 0.2) is 4.47 Å². The third-order valence-electron chi connectivity index (χ3n) is 4.10. The first-order valence-corrected chi connectivity index (χ1v) is 7.90. The van der Waals surface area contributed by atoms with Crippen molar-refractivity contribution in [3.63, 3.8) is 0 Å². The predicted octanol–water partition coefficient (Wildman–Crippen LogP) is 3.51. The van der Waals surface area contributed by atoms with Gasteiger partial charge in [0.2, 0.25) is 0 Å². The Morgan fingerprint density at radius 2 is 2.00 bits per heavy atom. The fraction of sp³-hybridized carbons (Fsp3) is 0.786. The molecule has 2 rings (SSSR count). The minimum Gasteiger partial charge on any atom is -0.295 e. The first-order valence-electron chi connectivity index (χ1n) is 7.11. The zero-order valence-corrected chi connectivity index (χ0v) is 13.3. The van der Waals surface area contributed by atoms with Crippen LogP contribution in [0.2, 0.25) is 0 Å². The highest BCUT2D eigenvalue weighted by Crippen LogP contribution is 2.28. The van der Waals surface area contributed by atoms with Crippen molar-refractivity contribution in [3.05, 3.63) is 15.9 Å². The van der Waals surface area contributed by atoms with Gasteiger partial charge in [-0.3, -0.25) is 9.58 Å². The Bertz CT molecular complexity index is 394. The zero-order valence-electron chi connectivity index (χ0n) is 11.7. The molecular formula is C14H24BrN3. The van der Waals surface area contributed by atoms with Crippen molar-refractivity contribution >= 4 is 15.9 Å². The van der Waals surface area contributed by atoms with Gasteiger partial charge in [0.25, 0.3) is 0 Å². The number of hydrogen-bond donors (Lipinski definition) is 0. The summed E-state index contributed by atoms with van der Waals surface area (Å²) in [5.41, 5.74) is 2.50. The summed E-state index contributed by atoms with van der Waals surface area (Å²) in [6.07, 6.45) is 6.51. The zero-order chi connectivity index (χ0) is 13.1. The lowest BCUT2D eigenvalue weighted by Gasteiger charge is -2.27.